The number of piperazine rings is 1. The van der Waals surface area contributed by atoms with Crippen molar-refractivity contribution in [3.05, 3.63) is 23.8 Å². The summed E-state index contributed by atoms with van der Waals surface area (Å²) in [6.45, 7) is 2.42. The van der Waals surface area contributed by atoms with Crippen LogP contribution in [0.1, 0.15) is 12.0 Å². The van der Waals surface area contributed by atoms with Crippen LogP contribution >= 0.6 is 11.8 Å². The Morgan fingerprint density at radius 3 is 2.62 bits per heavy atom. The van der Waals surface area contributed by atoms with Crippen LogP contribution in [0.25, 0.3) is 0 Å². The van der Waals surface area contributed by atoms with Crippen LogP contribution in [-0.2, 0) is 16.1 Å². The molecule has 8 heteroatoms. The summed E-state index contributed by atoms with van der Waals surface area (Å²) in [5, 5.41) is 5.72. The van der Waals surface area contributed by atoms with E-state index >= 15 is 0 Å². The van der Waals surface area contributed by atoms with Crippen molar-refractivity contribution >= 4 is 23.6 Å². The van der Waals surface area contributed by atoms with Gasteiger partial charge in [0.15, 0.2) is 0 Å². The first-order chi connectivity index (χ1) is 12.6. The molecule has 1 aromatic rings. The smallest absolute Gasteiger partial charge is 0.237 e. The van der Waals surface area contributed by atoms with E-state index < -0.39 is 6.04 Å². The number of nitrogens with zero attached hydrogens (tertiary/aromatic N) is 1. The third kappa shape index (κ3) is 5.81. The van der Waals surface area contributed by atoms with Gasteiger partial charge < -0.3 is 20.1 Å². The number of hydrogen-bond donors (Lipinski definition) is 2. The highest BCUT2D eigenvalue weighted by Gasteiger charge is 2.31. The Morgan fingerprint density at radius 2 is 2.00 bits per heavy atom. The normalized spacial score (nSPS) is 17.5. The van der Waals surface area contributed by atoms with Gasteiger partial charge in [-0.1, -0.05) is 0 Å². The van der Waals surface area contributed by atoms with E-state index in [2.05, 4.69) is 10.6 Å². The Morgan fingerprint density at radius 1 is 1.31 bits per heavy atom. The minimum Gasteiger partial charge on any atom is -0.497 e. The van der Waals surface area contributed by atoms with Crippen molar-refractivity contribution in [3.8, 4) is 11.5 Å². The van der Waals surface area contributed by atoms with E-state index in [1.807, 2.05) is 29.4 Å². The van der Waals surface area contributed by atoms with Gasteiger partial charge in [0.25, 0.3) is 0 Å². The topological polar surface area (TPSA) is 79.9 Å². The minimum atomic E-state index is -0.477. The molecule has 1 fully saturated rings. The second kappa shape index (κ2) is 10.3. The predicted molar refractivity (Wildman–Crippen MR) is 103 cm³/mol. The zero-order valence-corrected chi connectivity index (χ0v) is 16.4. The third-order valence-electron chi connectivity index (χ3n) is 4.25. The van der Waals surface area contributed by atoms with Crippen molar-refractivity contribution in [3.63, 3.8) is 0 Å². The van der Waals surface area contributed by atoms with E-state index in [-0.39, 0.29) is 18.2 Å². The van der Waals surface area contributed by atoms with Gasteiger partial charge in [-0.2, -0.15) is 11.8 Å². The maximum absolute atomic E-state index is 12.3. The molecule has 1 atom stereocenters. The van der Waals surface area contributed by atoms with Crippen molar-refractivity contribution in [2.24, 2.45) is 0 Å². The van der Waals surface area contributed by atoms with Gasteiger partial charge in [0, 0.05) is 38.0 Å². The number of thioether (sulfide) groups is 1. The van der Waals surface area contributed by atoms with Gasteiger partial charge in [0.2, 0.25) is 11.8 Å². The van der Waals surface area contributed by atoms with Gasteiger partial charge in [-0.25, -0.2) is 0 Å². The Labute approximate surface area is 158 Å². The fourth-order valence-corrected chi connectivity index (χ4v) is 3.21. The van der Waals surface area contributed by atoms with Crippen LogP contribution in [0.3, 0.4) is 0 Å². The number of hydrogen-bond acceptors (Lipinski definition) is 6. The third-order valence-corrected chi connectivity index (χ3v) is 4.86. The molecule has 1 saturated heterocycles. The highest BCUT2D eigenvalue weighted by atomic mass is 32.2. The molecule has 0 aromatic heterocycles. The zero-order valence-electron chi connectivity index (χ0n) is 15.5. The number of benzene rings is 1. The Kier molecular flexibility index (Phi) is 8.06. The summed E-state index contributed by atoms with van der Waals surface area (Å²) in [5.74, 6) is 2.05. The zero-order chi connectivity index (χ0) is 18.9. The average molecular weight is 381 g/mol. The molecule has 144 valence electrons. The van der Waals surface area contributed by atoms with Crippen LogP contribution in [0, 0.1) is 0 Å². The highest BCUT2D eigenvalue weighted by molar-refractivity contribution is 7.98. The lowest BCUT2D eigenvalue weighted by molar-refractivity contribution is -0.134. The molecule has 0 spiro atoms. The molecule has 2 amide bonds. The minimum absolute atomic E-state index is 0.102. The largest absolute Gasteiger partial charge is 0.497 e. The maximum Gasteiger partial charge on any atom is 0.237 e. The molecule has 0 aliphatic carbocycles. The van der Waals surface area contributed by atoms with E-state index in [4.69, 9.17) is 9.47 Å². The van der Waals surface area contributed by atoms with Crippen LogP contribution in [0.15, 0.2) is 18.2 Å². The lowest BCUT2D eigenvalue weighted by Gasteiger charge is -2.34. The SMILES string of the molecule is COc1cc(CN2CCNC(=O)C2CC(=O)NCCSC)cc(OC)c1. The van der Waals surface area contributed by atoms with E-state index in [1.54, 1.807) is 26.0 Å². The summed E-state index contributed by atoms with van der Waals surface area (Å²) in [5.41, 5.74) is 0.976. The predicted octanol–water partition coefficient (Wildman–Crippen LogP) is 0.874. The molecule has 1 unspecified atom stereocenters. The van der Waals surface area contributed by atoms with Gasteiger partial charge in [-0.3, -0.25) is 14.5 Å². The lowest BCUT2D eigenvalue weighted by atomic mass is 10.1. The van der Waals surface area contributed by atoms with Crippen LogP contribution in [0.5, 0.6) is 11.5 Å². The average Bonchev–Trinajstić information content (AvgIpc) is 2.64. The van der Waals surface area contributed by atoms with Crippen molar-refractivity contribution in [2.45, 2.75) is 19.0 Å². The summed E-state index contributed by atoms with van der Waals surface area (Å²) in [7, 11) is 3.21. The Balaban J connectivity index is 2.07. The van der Waals surface area contributed by atoms with Crippen LogP contribution < -0.4 is 20.1 Å². The molecule has 1 heterocycles. The number of rotatable bonds is 9. The molecule has 0 saturated carbocycles. The summed E-state index contributed by atoms with van der Waals surface area (Å²) in [6.07, 6.45) is 2.15. The number of methoxy groups -OCH3 is 2. The lowest BCUT2D eigenvalue weighted by Crippen LogP contribution is -2.56. The molecule has 26 heavy (non-hydrogen) atoms. The van der Waals surface area contributed by atoms with E-state index in [9.17, 15) is 9.59 Å². The standard InChI is InChI=1S/C18H27N3O4S/c1-24-14-8-13(9-15(10-14)25-2)12-21-6-4-20-18(23)16(21)11-17(22)19-5-7-26-3/h8-10,16H,4-7,11-12H2,1-3H3,(H,19,22)(H,20,23). The summed E-state index contributed by atoms with van der Waals surface area (Å²) in [6, 6.07) is 5.17. The molecule has 1 aliphatic heterocycles. The highest BCUT2D eigenvalue weighted by Crippen LogP contribution is 2.24. The van der Waals surface area contributed by atoms with Gasteiger partial charge in [-0.05, 0) is 24.0 Å². The molecule has 0 radical (unpaired) electrons. The quantitative estimate of drug-likeness (QED) is 0.618. The van der Waals surface area contributed by atoms with Crippen LogP contribution in [0.4, 0.5) is 0 Å². The molecule has 2 N–H and O–H groups in total. The Bertz CT molecular complexity index is 604. The van der Waals surface area contributed by atoms with E-state index in [1.165, 1.54) is 0 Å². The van der Waals surface area contributed by atoms with Crippen LogP contribution in [-0.4, -0.2) is 68.6 Å². The van der Waals surface area contributed by atoms with Crippen molar-refractivity contribution in [1.82, 2.24) is 15.5 Å². The van der Waals surface area contributed by atoms with Crippen molar-refractivity contribution in [2.75, 3.05) is 45.9 Å². The number of nitrogens with one attached hydrogen (secondary N) is 2. The molecule has 1 aliphatic rings. The monoisotopic (exact) mass is 381 g/mol. The van der Waals surface area contributed by atoms with E-state index in [0.29, 0.717) is 37.7 Å². The molecule has 7 nitrogen and oxygen atoms in total. The first kappa shape index (κ1) is 20.4. The molecular formula is C18H27N3O4S. The summed E-state index contributed by atoms with van der Waals surface area (Å²) in [4.78, 5) is 26.5. The number of amides is 2. The summed E-state index contributed by atoms with van der Waals surface area (Å²) < 4.78 is 10.6. The van der Waals surface area contributed by atoms with Gasteiger partial charge in [0.05, 0.1) is 26.7 Å². The molecular weight excluding hydrogens is 354 g/mol. The summed E-state index contributed by atoms with van der Waals surface area (Å²) >= 11 is 1.67. The maximum atomic E-state index is 12.3. The second-order valence-corrected chi connectivity index (χ2v) is 7.03. The van der Waals surface area contributed by atoms with Crippen molar-refractivity contribution < 1.29 is 19.1 Å². The van der Waals surface area contributed by atoms with Gasteiger partial charge in [-0.15, -0.1) is 0 Å². The van der Waals surface area contributed by atoms with Crippen LogP contribution in [0.2, 0.25) is 0 Å². The van der Waals surface area contributed by atoms with Gasteiger partial charge >= 0.3 is 0 Å². The Hall–Kier alpha value is -1.93. The fourth-order valence-electron chi connectivity index (χ4n) is 2.91. The van der Waals surface area contributed by atoms with Gasteiger partial charge in [0.1, 0.15) is 11.5 Å². The number of ether oxygens (including phenoxy) is 2. The second-order valence-electron chi connectivity index (χ2n) is 6.05. The molecule has 2 rings (SSSR count). The molecule has 1 aromatic carbocycles. The molecule has 0 bridgehead atoms. The first-order valence-electron chi connectivity index (χ1n) is 8.56. The fraction of sp³-hybridized carbons (Fsp3) is 0.556. The first-order valence-corrected chi connectivity index (χ1v) is 9.96. The van der Waals surface area contributed by atoms with Crippen molar-refractivity contribution in [1.29, 1.82) is 0 Å². The van der Waals surface area contributed by atoms with E-state index in [0.717, 1.165) is 11.3 Å². The number of carbonyl (C=O) groups is 2. The number of carbonyl (C=O) groups excluding carboxylic acids is 2.